The second kappa shape index (κ2) is 7.54. The van der Waals surface area contributed by atoms with Crippen molar-refractivity contribution < 1.29 is 19.2 Å². The summed E-state index contributed by atoms with van der Waals surface area (Å²) in [6.07, 6.45) is 6.12. The van der Waals surface area contributed by atoms with Gasteiger partial charge in [-0.1, -0.05) is 6.07 Å². The molecule has 0 saturated heterocycles. The molecule has 25 heavy (non-hydrogen) atoms. The van der Waals surface area contributed by atoms with Crippen LogP contribution in [0.2, 0.25) is 0 Å². The van der Waals surface area contributed by atoms with Crippen LogP contribution in [0.3, 0.4) is 0 Å². The molecule has 1 aromatic heterocycles. The number of nitrogens with zero attached hydrogens (tertiary/aromatic N) is 2. The van der Waals surface area contributed by atoms with Crippen molar-refractivity contribution in [2.24, 2.45) is 0 Å². The highest BCUT2D eigenvalue weighted by molar-refractivity contribution is 5.92. The first kappa shape index (κ1) is 16.6. The zero-order chi connectivity index (χ0) is 17.6. The standard InChI is InChI=1S/C17H15N3O5/c21-16(19-9-12-2-1-5-18-8-12)4-3-13-6-15(20(22)23)7-14-10-24-11-25-17(13)14/h1-8H,9-11H2,(H,19,21). The Labute approximate surface area is 143 Å². The minimum Gasteiger partial charge on any atom is -0.467 e. The summed E-state index contributed by atoms with van der Waals surface area (Å²) in [4.78, 5) is 26.5. The van der Waals surface area contributed by atoms with Crippen molar-refractivity contribution in [3.05, 3.63) is 69.5 Å². The van der Waals surface area contributed by atoms with E-state index in [4.69, 9.17) is 9.47 Å². The summed E-state index contributed by atoms with van der Waals surface area (Å²) in [6, 6.07) is 6.41. The molecule has 1 N–H and O–H groups in total. The first-order chi connectivity index (χ1) is 12.1. The van der Waals surface area contributed by atoms with E-state index in [-0.39, 0.29) is 25.0 Å². The number of carbonyl (C=O) groups is 1. The summed E-state index contributed by atoms with van der Waals surface area (Å²) in [6.45, 7) is 0.637. The lowest BCUT2D eigenvalue weighted by Gasteiger charge is -2.19. The Hall–Kier alpha value is -3.26. The number of nitrogens with one attached hydrogen (secondary N) is 1. The van der Waals surface area contributed by atoms with Crippen molar-refractivity contribution in [1.29, 1.82) is 0 Å². The molecule has 2 heterocycles. The van der Waals surface area contributed by atoms with E-state index in [2.05, 4.69) is 10.3 Å². The number of aromatic nitrogens is 1. The average Bonchev–Trinajstić information content (AvgIpc) is 2.65. The number of hydrogen-bond donors (Lipinski definition) is 1. The number of nitro groups is 1. The molecule has 0 fully saturated rings. The smallest absolute Gasteiger partial charge is 0.270 e. The van der Waals surface area contributed by atoms with Crippen molar-refractivity contribution >= 4 is 17.7 Å². The molecule has 3 rings (SSSR count). The SMILES string of the molecule is O=C(C=Cc1cc([N+](=O)[O-])cc2c1OCOC2)NCc1cccnc1. The third-order valence-electron chi connectivity index (χ3n) is 3.54. The van der Waals surface area contributed by atoms with Crippen LogP contribution in [0.1, 0.15) is 16.7 Å². The monoisotopic (exact) mass is 341 g/mol. The molecule has 0 unspecified atom stereocenters. The maximum absolute atomic E-state index is 12.0. The lowest BCUT2D eigenvalue weighted by Crippen LogP contribution is -2.20. The molecule has 128 valence electrons. The van der Waals surface area contributed by atoms with E-state index in [9.17, 15) is 14.9 Å². The van der Waals surface area contributed by atoms with Crippen molar-refractivity contribution in [3.63, 3.8) is 0 Å². The molecule has 1 aliphatic heterocycles. The number of fused-ring (bicyclic) bond motifs is 1. The van der Waals surface area contributed by atoms with Crippen molar-refractivity contribution in [2.75, 3.05) is 6.79 Å². The summed E-state index contributed by atoms with van der Waals surface area (Å²) in [5, 5.41) is 13.8. The van der Waals surface area contributed by atoms with Gasteiger partial charge in [-0.05, 0) is 17.7 Å². The highest BCUT2D eigenvalue weighted by Gasteiger charge is 2.19. The van der Waals surface area contributed by atoms with Gasteiger partial charge in [-0.2, -0.15) is 0 Å². The Morgan fingerprint density at radius 1 is 1.44 bits per heavy atom. The number of non-ortho nitro benzene ring substituents is 1. The number of ether oxygens (including phenoxy) is 2. The third kappa shape index (κ3) is 4.18. The Morgan fingerprint density at radius 3 is 3.08 bits per heavy atom. The van der Waals surface area contributed by atoms with Gasteiger partial charge in [-0.15, -0.1) is 0 Å². The number of amides is 1. The van der Waals surface area contributed by atoms with Crippen LogP contribution < -0.4 is 10.1 Å². The van der Waals surface area contributed by atoms with Gasteiger partial charge in [0.1, 0.15) is 5.75 Å². The van der Waals surface area contributed by atoms with Gasteiger partial charge in [0.2, 0.25) is 5.91 Å². The number of pyridine rings is 1. The molecule has 0 radical (unpaired) electrons. The first-order valence-corrected chi connectivity index (χ1v) is 7.50. The first-order valence-electron chi connectivity index (χ1n) is 7.50. The summed E-state index contributed by atoms with van der Waals surface area (Å²) in [5.41, 5.74) is 1.83. The van der Waals surface area contributed by atoms with Gasteiger partial charge in [0, 0.05) is 48.3 Å². The molecular formula is C17H15N3O5. The van der Waals surface area contributed by atoms with Crippen LogP contribution in [-0.2, 0) is 22.7 Å². The van der Waals surface area contributed by atoms with E-state index in [0.29, 0.717) is 23.4 Å². The second-order valence-corrected chi connectivity index (χ2v) is 5.30. The molecule has 8 heteroatoms. The van der Waals surface area contributed by atoms with Gasteiger partial charge < -0.3 is 14.8 Å². The molecule has 0 atom stereocenters. The number of rotatable bonds is 5. The van der Waals surface area contributed by atoms with Crippen molar-refractivity contribution in [2.45, 2.75) is 13.2 Å². The molecule has 0 bridgehead atoms. The van der Waals surface area contributed by atoms with Crippen molar-refractivity contribution in [1.82, 2.24) is 10.3 Å². The fourth-order valence-corrected chi connectivity index (χ4v) is 2.38. The van der Waals surface area contributed by atoms with Gasteiger partial charge in [0.05, 0.1) is 11.5 Å². The summed E-state index contributed by atoms with van der Waals surface area (Å²) in [7, 11) is 0. The van der Waals surface area contributed by atoms with Crippen LogP contribution in [-0.4, -0.2) is 22.6 Å². The van der Waals surface area contributed by atoms with Gasteiger partial charge >= 0.3 is 0 Å². The van der Waals surface area contributed by atoms with Crippen LogP contribution in [0, 0.1) is 10.1 Å². The Kier molecular flexibility index (Phi) is 5.00. The fraction of sp³-hybridized carbons (Fsp3) is 0.176. The van der Waals surface area contributed by atoms with Gasteiger partial charge in [0.25, 0.3) is 5.69 Å². The highest BCUT2D eigenvalue weighted by atomic mass is 16.7. The van der Waals surface area contributed by atoms with Crippen molar-refractivity contribution in [3.8, 4) is 5.75 Å². The topological polar surface area (TPSA) is 104 Å². The molecule has 1 amide bonds. The maximum atomic E-state index is 12.0. The second-order valence-electron chi connectivity index (χ2n) is 5.30. The van der Waals surface area contributed by atoms with E-state index in [1.165, 1.54) is 24.3 Å². The molecule has 0 spiro atoms. The van der Waals surface area contributed by atoms with E-state index in [0.717, 1.165) is 5.56 Å². The number of hydrogen-bond acceptors (Lipinski definition) is 6. The Balaban J connectivity index is 1.74. The normalized spacial score (nSPS) is 13.1. The zero-order valence-electron chi connectivity index (χ0n) is 13.2. The zero-order valence-corrected chi connectivity index (χ0v) is 13.2. The van der Waals surface area contributed by atoms with Gasteiger partial charge in [-0.3, -0.25) is 19.9 Å². The predicted molar refractivity (Wildman–Crippen MR) is 88.5 cm³/mol. The highest BCUT2D eigenvalue weighted by Crippen LogP contribution is 2.33. The molecular weight excluding hydrogens is 326 g/mol. The fourth-order valence-electron chi connectivity index (χ4n) is 2.38. The van der Waals surface area contributed by atoms with E-state index in [1.54, 1.807) is 18.5 Å². The largest absolute Gasteiger partial charge is 0.467 e. The minimum atomic E-state index is -0.491. The molecule has 2 aromatic rings. The molecule has 0 aliphatic carbocycles. The summed E-state index contributed by atoms with van der Waals surface area (Å²) in [5.74, 6) is 0.171. The van der Waals surface area contributed by atoms with E-state index in [1.807, 2.05) is 6.07 Å². The maximum Gasteiger partial charge on any atom is 0.270 e. The summed E-state index contributed by atoms with van der Waals surface area (Å²) >= 11 is 0. The van der Waals surface area contributed by atoms with Crippen LogP contribution in [0.15, 0.2) is 42.7 Å². The molecule has 1 aliphatic rings. The average molecular weight is 341 g/mol. The quantitative estimate of drug-likeness (QED) is 0.508. The molecule has 0 saturated carbocycles. The van der Waals surface area contributed by atoms with Gasteiger partial charge in [0.15, 0.2) is 6.79 Å². The molecule has 1 aromatic carbocycles. The Bertz CT molecular complexity index is 821. The lowest BCUT2D eigenvalue weighted by molar-refractivity contribution is -0.385. The van der Waals surface area contributed by atoms with E-state index >= 15 is 0 Å². The molecule has 8 nitrogen and oxygen atoms in total. The number of carbonyl (C=O) groups excluding carboxylic acids is 1. The van der Waals surface area contributed by atoms with E-state index < -0.39 is 4.92 Å². The predicted octanol–water partition coefficient (Wildman–Crippen LogP) is 2.19. The van der Waals surface area contributed by atoms with Gasteiger partial charge in [-0.25, -0.2) is 0 Å². The Morgan fingerprint density at radius 2 is 2.32 bits per heavy atom. The minimum absolute atomic E-state index is 0.0683. The number of nitro benzene ring substituents is 1. The van der Waals surface area contributed by atoms with Crippen LogP contribution >= 0.6 is 0 Å². The number of benzene rings is 1. The summed E-state index contributed by atoms with van der Waals surface area (Å²) < 4.78 is 10.6. The third-order valence-corrected chi connectivity index (χ3v) is 3.54. The van der Waals surface area contributed by atoms with Crippen LogP contribution in [0.5, 0.6) is 5.75 Å². The van der Waals surface area contributed by atoms with Crippen LogP contribution in [0.4, 0.5) is 5.69 Å². The lowest BCUT2D eigenvalue weighted by atomic mass is 10.1. The van der Waals surface area contributed by atoms with Crippen LogP contribution in [0.25, 0.3) is 6.08 Å².